The summed E-state index contributed by atoms with van der Waals surface area (Å²) < 4.78 is 52.7. The molecule has 0 amide bonds. The summed E-state index contributed by atoms with van der Waals surface area (Å²) in [4.78, 5) is 3.80. The van der Waals surface area contributed by atoms with Gasteiger partial charge in [0.05, 0.1) is 11.4 Å². The van der Waals surface area contributed by atoms with E-state index in [0.29, 0.717) is 42.3 Å². The molecular weight excluding hydrogens is 461 g/mol. The minimum Gasteiger partial charge on any atom is -0.473 e. The Bertz CT molecular complexity index is 1120. The lowest BCUT2D eigenvalue weighted by Gasteiger charge is -2.24. The number of aliphatic imine (C=N–C) groups is 1. The molecule has 0 radical (unpaired) electrons. The van der Waals surface area contributed by atoms with Crippen LogP contribution in [-0.4, -0.2) is 48.3 Å². The number of hydrogen-bond donors (Lipinski definition) is 0. The Labute approximate surface area is 203 Å². The van der Waals surface area contributed by atoms with Crippen LogP contribution in [0.3, 0.4) is 0 Å². The highest BCUT2D eigenvalue weighted by atomic mass is 19.4. The van der Waals surface area contributed by atoms with E-state index in [2.05, 4.69) is 26.7 Å². The first-order valence-corrected chi connectivity index (χ1v) is 11.3. The Morgan fingerprint density at radius 2 is 2.03 bits per heavy atom. The van der Waals surface area contributed by atoms with Crippen LogP contribution in [0.1, 0.15) is 46.6 Å². The molecule has 1 atom stereocenters. The van der Waals surface area contributed by atoms with E-state index in [0.717, 1.165) is 11.1 Å². The van der Waals surface area contributed by atoms with Crippen molar-refractivity contribution < 1.29 is 27.2 Å². The number of halogens is 3. The van der Waals surface area contributed by atoms with Crippen LogP contribution in [0.4, 0.5) is 13.2 Å². The third-order valence-electron chi connectivity index (χ3n) is 4.91. The molecule has 1 aliphatic carbocycles. The van der Waals surface area contributed by atoms with Crippen molar-refractivity contribution in [1.29, 1.82) is 0 Å². The van der Waals surface area contributed by atoms with Gasteiger partial charge in [0.1, 0.15) is 18.2 Å². The van der Waals surface area contributed by atoms with Crippen LogP contribution in [-0.2, 0) is 4.74 Å². The molecule has 190 valence electrons. The Morgan fingerprint density at radius 3 is 2.69 bits per heavy atom. The molecular formula is C25H31F3N4O3. The van der Waals surface area contributed by atoms with E-state index in [1.54, 1.807) is 25.1 Å². The van der Waals surface area contributed by atoms with Crippen LogP contribution in [0, 0.1) is 0 Å². The zero-order valence-corrected chi connectivity index (χ0v) is 20.6. The van der Waals surface area contributed by atoms with E-state index in [4.69, 9.17) is 9.26 Å². The van der Waals surface area contributed by atoms with Crippen molar-refractivity contribution in [3.8, 4) is 5.88 Å². The van der Waals surface area contributed by atoms with Gasteiger partial charge < -0.3 is 14.0 Å². The number of aromatic nitrogens is 1. The number of fused-ring (bicyclic) bond motifs is 1. The topological polar surface area (TPSA) is 72.5 Å². The normalized spacial score (nSPS) is 14.8. The van der Waals surface area contributed by atoms with Crippen LogP contribution in [0.5, 0.6) is 5.88 Å². The third-order valence-corrected chi connectivity index (χ3v) is 4.91. The van der Waals surface area contributed by atoms with Gasteiger partial charge in [-0.3, -0.25) is 5.01 Å². The van der Waals surface area contributed by atoms with Gasteiger partial charge in [0.2, 0.25) is 0 Å². The molecule has 0 bridgehead atoms. The summed E-state index contributed by atoms with van der Waals surface area (Å²) in [5, 5.41) is 10.9. The van der Waals surface area contributed by atoms with Gasteiger partial charge in [-0.25, -0.2) is 4.99 Å². The number of allylic oxidation sites excluding steroid dienone is 5. The number of alkyl halides is 3. The third kappa shape index (κ3) is 8.01. The maximum Gasteiger partial charge on any atom is 0.573 e. The van der Waals surface area contributed by atoms with Crippen molar-refractivity contribution in [2.45, 2.75) is 53.4 Å². The number of hydrogen-bond acceptors (Lipinski definition) is 6. The van der Waals surface area contributed by atoms with Gasteiger partial charge >= 0.3 is 6.36 Å². The van der Waals surface area contributed by atoms with Crippen LogP contribution in [0.15, 0.2) is 62.9 Å². The van der Waals surface area contributed by atoms with Gasteiger partial charge in [-0.05, 0) is 74.5 Å². The Kier molecular flexibility index (Phi) is 10.1. The smallest absolute Gasteiger partial charge is 0.473 e. The largest absolute Gasteiger partial charge is 0.573 e. The van der Waals surface area contributed by atoms with Gasteiger partial charge in [0, 0.05) is 6.54 Å². The number of hydrazone groups is 1. The molecule has 1 aromatic heterocycles. The van der Waals surface area contributed by atoms with Crippen LogP contribution in [0.25, 0.3) is 16.5 Å². The van der Waals surface area contributed by atoms with Crippen molar-refractivity contribution in [3.05, 3.63) is 53.8 Å². The van der Waals surface area contributed by atoms with Crippen molar-refractivity contribution >= 4 is 29.1 Å². The highest BCUT2D eigenvalue weighted by molar-refractivity contribution is 5.86. The molecule has 1 aliphatic rings. The number of nitrogens with zero attached hydrogens (tertiary/aromatic N) is 4. The van der Waals surface area contributed by atoms with E-state index < -0.39 is 6.36 Å². The summed E-state index contributed by atoms with van der Waals surface area (Å²) in [5.74, 6) is 0.620. The second-order valence-electron chi connectivity index (χ2n) is 7.33. The summed E-state index contributed by atoms with van der Waals surface area (Å²) in [6.07, 6.45) is 1.52. The van der Waals surface area contributed by atoms with Crippen molar-refractivity contribution in [2.24, 2.45) is 10.1 Å². The zero-order chi connectivity index (χ0) is 26.0. The van der Waals surface area contributed by atoms with Gasteiger partial charge in [-0.2, -0.15) is 5.10 Å². The van der Waals surface area contributed by atoms with Crippen LogP contribution in [0.2, 0.25) is 0 Å². The lowest BCUT2D eigenvalue weighted by atomic mass is 10.0. The Hall–Kier alpha value is -3.56. The molecule has 1 unspecified atom stereocenters. The van der Waals surface area contributed by atoms with Gasteiger partial charge in [0.15, 0.2) is 5.58 Å². The summed E-state index contributed by atoms with van der Waals surface area (Å²) in [6, 6.07) is 5.36. The second kappa shape index (κ2) is 12.8. The van der Waals surface area contributed by atoms with Gasteiger partial charge in [0.25, 0.3) is 5.88 Å². The first-order chi connectivity index (χ1) is 16.7. The highest BCUT2D eigenvalue weighted by Gasteiger charge is 2.31. The molecule has 0 fully saturated rings. The number of rotatable bonds is 8. The highest BCUT2D eigenvalue weighted by Crippen LogP contribution is 2.31. The molecule has 7 nitrogen and oxygen atoms in total. The fraction of sp³-hybridized carbons (Fsp3) is 0.400. The average Bonchev–Trinajstić information content (AvgIpc) is 3.10. The van der Waals surface area contributed by atoms with Gasteiger partial charge in [-0.15, -0.1) is 13.2 Å². The van der Waals surface area contributed by atoms with Crippen molar-refractivity contribution in [2.75, 3.05) is 13.2 Å². The SMILES string of the molecule is C=N/C(C)=N\N(CC)C(C)COc1noc2ccc(C3=CC=C(OC(F)(F)F)C=CC3)cc12.CC. The molecule has 0 saturated heterocycles. The molecule has 0 N–H and O–H groups in total. The summed E-state index contributed by atoms with van der Waals surface area (Å²) in [5.41, 5.74) is 2.17. The lowest BCUT2D eigenvalue weighted by Crippen LogP contribution is -2.33. The summed E-state index contributed by atoms with van der Waals surface area (Å²) in [6.45, 7) is 14.1. The molecule has 2 aromatic rings. The fourth-order valence-corrected chi connectivity index (χ4v) is 3.23. The second-order valence-corrected chi connectivity index (χ2v) is 7.33. The Balaban J connectivity index is 0.00000210. The lowest BCUT2D eigenvalue weighted by molar-refractivity contribution is -0.303. The monoisotopic (exact) mass is 492 g/mol. The predicted molar refractivity (Wildman–Crippen MR) is 132 cm³/mol. The first-order valence-electron chi connectivity index (χ1n) is 11.3. The van der Waals surface area contributed by atoms with Crippen molar-refractivity contribution in [3.63, 3.8) is 0 Å². The van der Waals surface area contributed by atoms with Crippen LogP contribution >= 0.6 is 0 Å². The molecule has 0 aliphatic heterocycles. The van der Waals surface area contributed by atoms with E-state index in [1.165, 1.54) is 12.2 Å². The van der Waals surface area contributed by atoms with E-state index in [9.17, 15) is 13.2 Å². The summed E-state index contributed by atoms with van der Waals surface area (Å²) in [7, 11) is 0. The number of likely N-dealkylation sites (N-methyl/N-ethyl adjacent to an activating group) is 1. The molecule has 1 heterocycles. The van der Waals surface area contributed by atoms with Gasteiger partial charge in [-0.1, -0.05) is 32.1 Å². The predicted octanol–water partition coefficient (Wildman–Crippen LogP) is 6.74. The Morgan fingerprint density at radius 1 is 1.29 bits per heavy atom. The fourth-order valence-electron chi connectivity index (χ4n) is 3.23. The standard InChI is InChI=1S/C23H25F3N4O3.C2H6/c1-5-30(28-16(3)27-4)15(2)14-31-22-20-13-18(10-12-21(20)33-29-22)17-7-6-8-19(11-9-17)32-23(24,25)26;1-2/h6,8-13,15H,4-5,7,14H2,1-3H3;1-2H3/b28-16-;. The molecule has 3 rings (SSSR count). The molecule has 35 heavy (non-hydrogen) atoms. The van der Waals surface area contributed by atoms with Crippen molar-refractivity contribution in [1.82, 2.24) is 10.2 Å². The minimum absolute atomic E-state index is 0.0616. The van der Waals surface area contributed by atoms with E-state index in [1.807, 2.05) is 44.8 Å². The zero-order valence-electron chi connectivity index (χ0n) is 20.6. The number of amidine groups is 1. The summed E-state index contributed by atoms with van der Waals surface area (Å²) >= 11 is 0. The quantitative estimate of drug-likeness (QED) is 0.232. The maximum atomic E-state index is 12.5. The number of benzene rings is 1. The number of ether oxygens (including phenoxy) is 2. The maximum absolute atomic E-state index is 12.5. The minimum atomic E-state index is -4.74. The molecule has 0 spiro atoms. The first kappa shape index (κ1) is 27.7. The van der Waals surface area contributed by atoms with E-state index >= 15 is 0 Å². The molecule has 10 heteroatoms. The average molecular weight is 493 g/mol. The van der Waals surface area contributed by atoms with Crippen LogP contribution < -0.4 is 4.74 Å². The molecule has 0 saturated carbocycles. The molecule has 1 aromatic carbocycles. The van der Waals surface area contributed by atoms with E-state index in [-0.39, 0.29) is 11.8 Å².